The average molecular weight is 350 g/mol. The molecule has 1 aliphatic heterocycles. The van der Waals surface area contributed by atoms with Gasteiger partial charge in [-0.15, -0.1) is 0 Å². The van der Waals surface area contributed by atoms with Gasteiger partial charge in [-0.3, -0.25) is 4.79 Å². The van der Waals surface area contributed by atoms with Gasteiger partial charge in [0.25, 0.3) is 0 Å². The Bertz CT molecular complexity index is 963. The monoisotopic (exact) mass is 350 g/mol. The van der Waals surface area contributed by atoms with E-state index in [2.05, 4.69) is 20.2 Å². The van der Waals surface area contributed by atoms with Crippen molar-refractivity contribution < 1.29 is 9.21 Å². The van der Waals surface area contributed by atoms with Crippen LogP contribution in [0.1, 0.15) is 25.7 Å². The molecule has 0 radical (unpaired) electrons. The molecule has 3 aromatic rings. The summed E-state index contributed by atoms with van der Waals surface area (Å²) in [6, 6.07) is 7.91. The molecule has 1 aliphatic carbocycles. The molecule has 3 heterocycles. The lowest BCUT2D eigenvalue weighted by Crippen LogP contribution is -2.43. The average Bonchev–Trinajstić information content (AvgIpc) is 3.44. The summed E-state index contributed by atoms with van der Waals surface area (Å²) < 4.78 is 6.05. The number of benzene rings is 1. The van der Waals surface area contributed by atoms with Crippen LogP contribution in [0.15, 0.2) is 35.0 Å². The molecule has 2 aromatic heterocycles. The van der Waals surface area contributed by atoms with E-state index in [4.69, 9.17) is 4.42 Å². The van der Waals surface area contributed by atoms with Gasteiger partial charge in [0.05, 0.1) is 5.92 Å². The predicted octanol–water partition coefficient (Wildman–Crippen LogP) is 3.12. The number of amides is 1. The molecule has 1 aromatic carbocycles. The number of hydrogen-bond donors (Lipinski definition) is 1. The number of aromatic nitrogens is 2. The number of carbonyl (C=O) groups is 1. The fourth-order valence-electron chi connectivity index (χ4n) is 3.83. The first-order valence-electron chi connectivity index (χ1n) is 9.44. The van der Waals surface area contributed by atoms with Gasteiger partial charge in [-0.25, -0.2) is 9.97 Å². The van der Waals surface area contributed by atoms with E-state index in [9.17, 15) is 4.79 Å². The first-order valence-corrected chi connectivity index (χ1v) is 9.44. The molecule has 5 rings (SSSR count). The second-order valence-corrected chi connectivity index (χ2v) is 7.45. The zero-order chi connectivity index (χ0) is 17.5. The Kier molecular flexibility index (Phi) is 3.76. The molecule has 6 heteroatoms. The van der Waals surface area contributed by atoms with E-state index in [-0.39, 0.29) is 11.8 Å². The second kappa shape index (κ2) is 6.27. The fourth-order valence-corrected chi connectivity index (χ4v) is 3.83. The van der Waals surface area contributed by atoms with E-state index < -0.39 is 0 Å². The van der Waals surface area contributed by atoms with Crippen molar-refractivity contribution in [1.29, 1.82) is 0 Å². The summed E-state index contributed by atoms with van der Waals surface area (Å²) in [5.74, 6) is 1.69. The van der Waals surface area contributed by atoms with Crippen LogP contribution in [-0.2, 0) is 4.79 Å². The van der Waals surface area contributed by atoms with Crippen molar-refractivity contribution in [2.75, 3.05) is 24.5 Å². The molecule has 0 unspecified atom stereocenters. The number of carbonyl (C=O) groups excluding carboxylic acids is 1. The zero-order valence-corrected chi connectivity index (χ0v) is 14.6. The van der Waals surface area contributed by atoms with Crippen LogP contribution in [0.4, 0.5) is 5.82 Å². The summed E-state index contributed by atoms with van der Waals surface area (Å²) in [6.07, 6.45) is 6.01. The third-order valence-electron chi connectivity index (χ3n) is 5.49. The molecule has 2 fully saturated rings. The third-order valence-corrected chi connectivity index (χ3v) is 5.49. The highest BCUT2D eigenvalue weighted by Crippen LogP contribution is 2.34. The number of fused-ring (bicyclic) bond motifs is 3. The van der Waals surface area contributed by atoms with Crippen LogP contribution in [0, 0.1) is 11.8 Å². The molecular weight excluding hydrogens is 328 g/mol. The summed E-state index contributed by atoms with van der Waals surface area (Å²) >= 11 is 0. The molecule has 0 bridgehead atoms. The van der Waals surface area contributed by atoms with Crippen LogP contribution in [0.5, 0.6) is 0 Å². The summed E-state index contributed by atoms with van der Waals surface area (Å²) in [5, 5.41) is 4.12. The van der Waals surface area contributed by atoms with Gasteiger partial charge in [-0.05, 0) is 43.7 Å². The number of nitrogens with zero attached hydrogens (tertiary/aromatic N) is 3. The second-order valence-electron chi connectivity index (χ2n) is 7.45. The Morgan fingerprint density at radius 1 is 1.23 bits per heavy atom. The van der Waals surface area contributed by atoms with E-state index >= 15 is 0 Å². The lowest BCUT2D eigenvalue weighted by atomic mass is 9.97. The summed E-state index contributed by atoms with van der Waals surface area (Å²) in [5.41, 5.74) is 2.37. The Morgan fingerprint density at radius 3 is 3.00 bits per heavy atom. The molecule has 2 aliphatic rings. The van der Waals surface area contributed by atoms with Crippen molar-refractivity contribution in [2.24, 2.45) is 11.8 Å². The van der Waals surface area contributed by atoms with E-state index in [1.165, 1.54) is 12.8 Å². The number of rotatable bonds is 4. The first kappa shape index (κ1) is 15.6. The first-order chi connectivity index (χ1) is 12.8. The number of para-hydroxylation sites is 1. The molecule has 1 N–H and O–H groups in total. The molecule has 6 nitrogen and oxygen atoms in total. The van der Waals surface area contributed by atoms with Crippen molar-refractivity contribution in [2.45, 2.75) is 25.7 Å². The molecule has 134 valence electrons. The van der Waals surface area contributed by atoms with Gasteiger partial charge in [0.2, 0.25) is 5.91 Å². The van der Waals surface area contributed by atoms with Crippen LogP contribution in [0.2, 0.25) is 0 Å². The molecule has 1 amide bonds. The van der Waals surface area contributed by atoms with E-state index in [1.807, 2.05) is 24.3 Å². The number of anilines is 1. The zero-order valence-electron chi connectivity index (χ0n) is 14.6. The summed E-state index contributed by atoms with van der Waals surface area (Å²) in [4.78, 5) is 23.6. The molecule has 1 atom stereocenters. The minimum Gasteiger partial charge on any atom is -0.450 e. The molecule has 0 spiro atoms. The van der Waals surface area contributed by atoms with E-state index in [1.54, 1.807) is 6.33 Å². The summed E-state index contributed by atoms with van der Waals surface area (Å²) in [6.45, 7) is 2.39. The lowest BCUT2D eigenvalue weighted by Gasteiger charge is -2.32. The Balaban J connectivity index is 1.42. The van der Waals surface area contributed by atoms with Crippen LogP contribution >= 0.6 is 0 Å². The van der Waals surface area contributed by atoms with Gasteiger partial charge in [0, 0.05) is 25.0 Å². The van der Waals surface area contributed by atoms with Crippen LogP contribution in [0.25, 0.3) is 22.1 Å². The fraction of sp³-hybridized carbons (Fsp3) is 0.450. The smallest absolute Gasteiger partial charge is 0.224 e. The van der Waals surface area contributed by atoms with Crippen molar-refractivity contribution >= 4 is 33.8 Å². The third kappa shape index (κ3) is 2.79. The van der Waals surface area contributed by atoms with Gasteiger partial charge < -0.3 is 14.6 Å². The SMILES string of the molecule is O=C(NCC1CC1)[C@@H]1CCCN(c2ncnc3c2oc2ccccc23)C1. The largest absolute Gasteiger partial charge is 0.450 e. The number of piperidine rings is 1. The maximum Gasteiger partial charge on any atom is 0.224 e. The number of nitrogens with one attached hydrogen (secondary N) is 1. The van der Waals surface area contributed by atoms with Gasteiger partial charge in [-0.1, -0.05) is 12.1 Å². The van der Waals surface area contributed by atoms with Crippen LogP contribution in [-0.4, -0.2) is 35.5 Å². The summed E-state index contributed by atoms with van der Waals surface area (Å²) in [7, 11) is 0. The normalized spacial score (nSPS) is 20.6. The van der Waals surface area contributed by atoms with Crippen LogP contribution < -0.4 is 10.2 Å². The quantitative estimate of drug-likeness (QED) is 0.783. The molecule has 1 saturated heterocycles. The Morgan fingerprint density at radius 2 is 2.12 bits per heavy atom. The van der Waals surface area contributed by atoms with Gasteiger partial charge in [-0.2, -0.15) is 0 Å². The highest BCUT2D eigenvalue weighted by Gasteiger charge is 2.30. The molecular formula is C20H22N4O2. The molecule has 26 heavy (non-hydrogen) atoms. The number of hydrogen-bond acceptors (Lipinski definition) is 5. The van der Waals surface area contributed by atoms with Gasteiger partial charge in [0.15, 0.2) is 11.4 Å². The van der Waals surface area contributed by atoms with Gasteiger partial charge >= 0.3 is 0 Å². The van der Waals surface area contributed by atoms with Gasteiger partial charge in [0.1, 0.15) is 17.4 Å². The van der Waals surface area contributed by atoms with E-state index in [0.29, 0.717) is 18.0 Å². The maximum atomic E-state index is 12.5. The maximum absolute atomic E-state index is 12.5. The van der Waals surface area contributed by atoms with Crippen molar-refractivity contribution in [3.05, 3.63) is 30.6 Å². The van der Waals surface area contributed by atoms with Crippen molar-refractivity contribution in [1.82, 2.24) is 15.3 Å². The lowest BCUT2D eigenvalue weighted by molar-refractivity contribution is -0.125. The Labute approximate surface area is 151 Å². The Hall–Kier alpha value is -2.63. The topological polar surface area (TPSA) is 71.3 Å². The van der Waals surface area contributed by atoms with Crippen molar-refractivity contribution in [3.63, 3.8) is 0 Å². The standard InChI is InChI=1S/C20H22N4O2/c25-20(21-10-13-7-8-13)14-4-3-9-24(11-14)19-18-17(22-12-23-19)15-5-1-2-6-16(15)26-18/h1-2,5-6,12-14H,3-4,7-11H2,(H,21,25)/t14-/m1/s1. The minimum absolute atomic E-state index is 0.0110. The molecule has 1 saturated carbocycles. The number of furan rings is 1. The van der Waals surface area contributed by atoms with Crippen molar-refractivity contribution in [3.8, 4) is 0 Å². The highest BCUT2D eigenvalue weighted by molar-refractivity contribution is 6.05. The predicted molar refractivity (Wildman–Crippen MR) is 100.0 cm³/mol. The highest BCUT2D eigenvalue weighted by atomic mass is 16.3. The van der Waals surface area contributed by atoms with Crippen LogP contribution in [0.3, 0.4) is 0 Å². The van der Waals surface area contributed by atoms with E-state index in [0.717, 1.165) is 48.2 Å². The minimum atomic E-state index is 0.0110.